The predicted octanol–water partition coefficient (Wildman–Crippen LogP) is 0.563. The highest BCUT2D eigenvalue weighted by molar-refractivity contribution is 7.92. The Balaban J connectivity index is 2.98. The van der Waals surface area contributed by atoms with E-state index < -0.39 is 14.6 Å². The van der Waals surface area contributed by atoms with Gasteiger partial charge in [-0.15, -0.1) is 0 Å². The van der Waals surface area contributed by atoms with Crippen molar-refractivity contribution >= 4 is 9.84 Å². The summed E-state index contributed by atoms with van der Waals surface area (Å²) in [6.45, 7) is 5.15. The first-order valence-electron chi connectivity index (χ1n) is 4.51. The van der Waals surface area contributed by atoms with Gasteiger partial charge in [0.15, 0.2) is 9.84 Å². The smallest absolute Gasteiger partial charge is 0.158 e. The molecule has 0 aliphatic carbocycles. The van der Waals surface area contributed by atoms with Gasteiger partial charge >= 0.3 is 0 Å². The first kappa shape index (κ1) is 9.99. The third-order valence-electron chi connectivity index (χ3n) is 2.94. The Hall–Kier alpha value is -0.0900. The van der Waals surface area contributed by atoms with E-state index >= 15 is 0 Å². The lowest BCUT2D eigenvalue weighted by molar-refractivity contribution is 0.434. The van der Waals surface area contributed by atoms with Crippen LogP contribution in [0, 0.1) is 0 Å². The predicted molar refractivity (Wildman–Crippen MR) is 50.0 cm³/mol. The van der Waals surface area contributed by atoms with E-state index in [0.717, 1.165) is 12.8 Å². The number of hydrogen-bond donors (Lipinski definition) is 1. The van der Waals surface area contributed by atoms with Gasteiger partial charge in [0.05, 0.1) is 10.5 Å². The Kier molecular flexibility index (Phi) is 2.78. The van der Waals surface area contributed by atoms with Gasteiger partial charge in [0.2, 0.25) is 0 Å². The van der Waals surface area contributed by atoms with Gasteiger partial charge in [0, 0.05) is 13.1 Å². The molecule has 0 saturated carbocycles. The van der Waals surface area contributed by atoms with Gasteiger partial charge in [0.25, 0.3) is 0 Å². The van der Waals surface area contributed by atoms with Crippen LogP contribution in [0.4, 0.5) is 0 Å². The van der Waals surface area contributed by atoms with Crippen LogP contribution in [0.1, 0.15) is 26.7 Å². The lowest BCUT2D eigenvalue weighted by Crippen LogP contribution is -2.53. The molecule has 0 aromatic rings. The maximum Gasteiger partial charge on any atom is 0.158 e. The largest absolute Gasteiger partial charge is 0.314 e. The fourth-order valence-corrected chi connectivity index (χ4v) is 3.84. The van der Waals surface area contributed by atoms with E-state index in [-0.39, 0.29) is 0 Å². The minimum atomic E-state index is -2.85. The molecule has 1 aliphatic heterocycles. The summed E-state index contributed by atoms with van der Waals surface area (Å²) < 4.78 is 23.0. The van der Waals surface area contributed by atoms with Crippen molar-refractivity contribution in [3.05, 3.63) is 0 Å². The minimum Gasteiger partial charge on any atom is -0.314 e. The summed E-state index contributed by atoms with van der Waals surface area (Å²) in [6, 6.07) is 0. The number of sulfone groups is 1. The normalized spacial score (nSPS) is 26.8. The molecule has 12 heavy (non-hydrogen) atoms. The molecule has 1 saturated heterocycles. The van der Waals surface area contributed by atoms with Crippen LogP contribution in [0.15, 0.2) is 0 Å². The van der Waals surface area contributed by atoms with E-state index in [9.17, 15) is 8.42 Å². The molecule has 0 bridgehead atoms. The molecule has 1 aliphatic rings. The van der Waals surface area contributed by atoms with Crippen LogP contribution < -0.4 is 5.32 Å². The lowest BCUT2D eigenvalue weighted by Gasteiger charge is -2.35. The number of rotatable bonds is 2. The summed E-state index contributed by atoms with van der Waals surface area (Å²) in [5.41, 5.74) is 0. The zero-order chi connectivity index (χ0) is 9.24. The van der Waals surface area contributed by atoms with Crippen molar-refractivity contribution in [3.8, 4) is 0 Å². The molecule has 1 rings (SSSR count). The van der Waals surface area contributed by atoms with Crippen LogP contribution in [0.5, 0.6) is 0 Å². The first-order chi connectivity index (χ1) is 5.58. The zero-order valence-electron chi connectivity index (χ0n) is 7.76. The summed E-state index contributed by atoms with van der Waals surface area (Å²) in [5, 5.41) is 3.15. The molecule has 0 atom stereocenters. The summed E-state index contributed by atoms with van der Waals surface area (Å²) in [6.07, 6.45) is 1.44. The third kappa shape index (κ3) is 1.38. The summed E-state index contributed by atoms with van der Waals surface area (Å²) in [4.78, 5) is 0. The molecule has 0 aromatic carbocycles. The molecule has 3 nitrogen and oxygen atoms in total. The Bertz CT molecular complexity index is 242. The maximum atomic E-state index is 11.7. The lowest BCUT2D eigenvalue weighted by atomic mass is 10.0. The highest BCUT2D eigenvalue weighted by Crippen LogP contribution is 2.27. The van der Waals surface area contributed by atoms with Gasteiger partial charge in [-0.3, -0.25) is 0 Å². The van der Waals surface area contributed by atoms with E-state index in [1.54, 1.807) is 0 Å². The number of nitrogens with one attached hydrogen (secondary N) is 1. The van der Waals surface area contributed by atoms with Crippen LogP contribution in [0.25, 0.3) is 0 Å². The summed E-state index contributed by atoms with van der Waals surface area (Å²) >= 11 is 0. The van der Waals surface area contributed by atoms with E-state index in [4.69, 9.17) is 0 Å². The Morgan fingerprint density at radius 2 is 1.92 bits per heavy atom. The quantitative estimate of drug-likeness (QED) is 0.694. The molecule has 0 radical (unpaired) electrons. The Morgan fingerprint density at radius 1 is 1.33 bits per heavy atom. The van der Waals surface area contributed by atoms with Crippen molar-refractivity contribution in [1.82, 2.24) is 5.32 Å². The Morgan fingerprint density at radius 3 is 2.25 bits per heavy atom. The summed E-state index contributed by atoms with van der Waals surface area (Å²) in [7, 11) is -2.85. The molecule has 0 amide bonds. The second-order valence-corrected chi connectivity index (χ2v) is 5.89. The summed E-state index contributed by atoms with van der Waals surface area (Å²) in [5.74, 6) is 0.300. The fourth-order valence-electron chi connectivity index (χ4n) is 1.79. The second kappa shape index (κ2) is 3.34. The van der Waals surface area contributed by atoms with E-state index in [2.05, 4.69) is 5.32 Å². The number of hydrogen-bond acceptors (Lipinski definition) is 3. The molecular weight excluding hydrogens is 174 g/mol. The van der Waals surface area contributed by atoms with Crippen LogP contribution in [-0.2, 0) is 9.84 Å². The zero-order valence-corrected chi connectivity index (χ0v) is 8.58. The van der Waals surface area contributed by atoms with Crippen molar-refractivity contribution in [3.63, 3.8) is 0 Å². The highest BCUT2D eigenvalue weighted by Gasteiger charge is 2.42. The molecule has 0 aromatic heterocycles. The van der Waals surface area contributed by atoms with Gasteiger partial charge < -0.3 is 5.32 Å². The minimum absolute atomic E-state index is 0.300. The van der Waals surface area contributed by atoms with Crippen molar-refractivity contribution < 1.29 is 8.42 Å². The van der Waals surface area contributed by atoms with Crippen LogP contribution in [0.2, 0.25) is 0 Å². The van der Waals surface area contributed by atoms with E-state index in [1.165, 1.54) is 0 Å². The van der Waals surface area contributed by atoms with Crippen molar-refractivity contribution in [2.24, 2.45) is 0 Å². The molecule has 4 heteroatoms. The standard InChI is InChI=1S/C8H17NO2S/c1-3-8(4-2)7-9-5-6-12(8,10)11/h9H,3-7H2,1-2H3. The molecule has 72 valence electrons. The molecule has 0 spiro atoms. The molecule has 1 fully saturated rings. The molecule has 1 heterocycles. The van der Waals surface area contributed by atoms with Gasteiger partial charge in [-0.1, -0.05) is 13.8 Å². The molecular formula is C8H17NO2S. The van der Waals surface area contributed by atoms with Crippen LogP contribution in [0.3, 0.4) is 0 Å². The van der Waals surface area contributed by atoms with Gasteiger partial charge in [-0.25, -0.2) is 8.42 Å². The first-order valence-corrected chi connectivity index (χ1v) is 6.16. The average Bonchev–Trinajstić information content (AvgIpc) is 2.05. The van der Waals surface area contributed by atoms with Gasteiger partial charge in [-0.2, -0.15) is 0 Å². The monoisotopic (exact) mass is 191 g/mol. The van der Waals surface area contributed by atoms with E-state index in [1.807, 2.05) is 13.8 Å². The van der Waals surface area contributed by atoms with Crippen molar-refractivity contribution in [2.75, 3.05) is 18.8 Å². The average molecular weight is 191 g/mol. The van der Waals surface area contributed by atoms with E-state index in [0.29, 0.717) is 18.8 Å². The maximum absolute atomic E-state index is 11.7. The van der Waals surface area contributed by atoms with Crippen molar-refractivity contribution in [1.29, 1.82) is 0 Å². The van der Waals surface area contributed by atoms with Crippen LogP contribution >= 0.6 is 0 Å². The fraction of sp³-hybridized carbons (Fsp3) is 1.00. The second-order valence-electron chi connectivity index (χ2n) is 3.39. The molecule has 0 unspecified atom stereocenters. The topological polar surface area (TPSA) is 46.2 Å². The van der Waals surface area contributed by atoms with Crippen molar-refractivity contribution in [2.45, 2.75) is 31.4 Å². The molecule has 1 N–H and O–H groups in total. The Labute approximate surface area is 74.5 Å². The highest BCUT2D eigenvalue weighted by atomic mass is 32.2. The van der Waals surface area contributed by atoms with Crippen LogP contribution in [-0.4, -0.2) is 32.0 Å². The van der Waals surface area contributed by atoms with Gasteiger partial charge in [-0.05, 0) is 12.8 Å². The third-order valence-corrected chi connectivity index (χ3v) is 5.73. The SMILES string of the molecule is CCC1(CC)CNCCS1(=O)=O. The van der Waals surface area contributed by atoms with Gasteiger partial charge in [0.1, 0.15) is 0 Å².